The van der Waals surface area contributed by atoms with Gasteiger partial charge in [-0.25, -0.2) is 4.98 Å². The zero-order chi connectivity index (χ0) is 16.4. The van der Waals surface area contributed by atoms with Crippen LogP contribution in [0.5, 0.6) is 0 Å². The van der Waals surface area contributed by atoms with Crippen LogP contribution in [0.2, 0.25) is 0 Å². The molecular formula is C17H17N3O3. The molecule has 118 valence electrons. The third kappa shape index (κ3) is 2.82. The number of hydrogen-bond donors (Lipinski definition) is 0. The fourth-order valence-electron chi connectivity index (χ4n) is 2.95. The molecule has 6 heteroatoms. The molecule has 1 saturated carbocycles. The Morgan fingerprint density at radius 1 is 1.43 bits per heavy atom. The van der Waals surface area contributed by atoms with Gasteiger partial charge in [0.25, 0.3) is 5.56 Å². The molecule has 0 amide bonds. The first-order chi connectivity index (χ1) is 11.0. The van der Waals surface area contributed by atoms with Crippen molar-refractivity contribution in [2.24, 2.45) is 5.41 Å². The van der Waals surface area contributed by atoms with Crippen LogP contribution in [0, 0.1) is 23.7 Å². The Bertz CT molecular complexity index is 857. The SMILES string of the molecule is Cc1ccc2nc(COC(=O)C3(C#N)CCCC3)cc(=O)n2c1. The van der Waals surface area contributed by atoms with E-state index in [0.717, 1.165) is 18.4 Å². The molecular weight excluding hydrogens is 294 g/mol. The predicted molar refractivity (Wildman–Crippen MR) is 82.5 cm³/mol. The van der Waals surface area contributed by atoms with Crippen LogP contribution >= 0.6 is 0 Å². The maximum Gasteiger partial charge on any atom is 0.326 e. The number of pyridine rings is 1. The molecule has 3 rings (SSSR count). The molecule has 2 aromatic heterocycles. The molecule has 0 radical (unpaired) electrons. The van der Waals surface area contributed by atoms with Crippen molar-refractivity contribution in [3.05, 3.63) is 46.0 Å². The normalized spacial score (nSPS) is 16.2. The summed E-state index contributed by atoms with van der Waals surface area (Å²) in [5.74, 6) is -0.511. The zero-order valence-electron chi connectivity index (χ0n) is 12.9. The predicted octanol–water partition coefficient (Wildman–Crippen LogP) is 2.13. The number of nitrogens with zero attached hydrogens (tertiary/aromatic N) is 3. The minimum absolute atomic E-state index is 0.0954. The third-order valence-electron chi connectivity index (χ3n) is 4.27. The maximum absolute atomic E-state index is 12.2. The Morgan fingerprint density at radius 2 is 2.17 bits per heavy atom. The molecule has 0 bridgehead atoms. The highest BCUT2D eigenvalue weighted by Crippen LogP contribution is 2.38. The van der Waals surface area contributed by atoms with Crippen LogP contribution in [0.4, 0.5) is 0 Å². The number of ether oxygens (including phenoxy) is 1. The highest BCUT2D eigenvalue weighted by Gasteiger charge is 2.43. The number of carbonyl (C=O) groups excluding carboxylic acids is 1. The first kappa shape index (κ1) is 15.2. The van der Waals surface area contributed by atoms with Gasteiger partial charge in [0, 0.05) is 12.3 Å². The lowest BCUT2D eigenvalue weighted by Crippen LogP contribution is -2.28. The van der Waals surface area contributed by atoms with E-state index in [9.17, 15) is 14.9 Å². The van der Waals surface area contributed by atoms with Crippen molar-refractivity contribution < 1.29 is 9.53 Å². The van der Waals surface area contributed by atoms with E-state index in [1.54, 1.807) is 12.3 Å². The summed E-state index contributed by atoms with van der Waals surface area (Å²) in [5.41, 5.74) is 0.602. The van der Waals surface area contributed by atoms with Gasteiger partial charge in [-0.3, -0.25) is 14.0 Å². The summed E-state index contributed by atoms with van der Waals surface area (Å²) in [5, 5.41) is 9.28. The Hall–Kier alpha value is -2.68. The molecule has 0 unspecified atom stereocenters. The van der Waals surface area contributed by atoms with Crippen LogP contribution in [0.15, 0.2) is 29.2 Å². The number of aryl methyl sites for hydroxylation is 1. The van der Waals surface area contributed by atoms with Crippen LogP contribution in [0.25, 0.3) is 5.65 Å². The molecule has 23 heavy (non-hydrogen) atoms. The lowest BCUT2D eigenvalue weighted by molar-refractivity contribution is -0.153. The average Bonchev–Trinajstić information content (AvgIpc) is 3.03. The molecule has 0 saturated heterocycles. The van der Waals surface area contributed by atoms with E-state index >= 15 is 0 Å². The summed E-state index contributed by atoms with van der Waals surface area (Å²) in [4.78, 5) is 28.6. The van der Waals surface area contributed by atoms with E-state index in [4.69, 9.17) is 4.74 Å². The summed E-state index contributed by atoms with van der Waals surface area (Å²) in [6.07, 6.45) is 4.50. The molecule has 0 spiro atoms. The first-order valence-corrected chi connectivity index (χ1v) is 7.61. The Morgan fingerprint density at radius 3 is 2.87 bits per heavy atom. The number of hydrogen-bond acceptors (Lipinski definition) is 5. The van der Waals surface area contributed by atoms with Crippen LogP contribution in [-0.4, -0.2) is 15.4 Å². The average molecular weight is 311 g/mol. The summed E-state index contributed by atoms with van der Waals surface area (Å²) in [6.45, 7) is 1.80. The van der Waals surface area contributed by atoms with E-state index in [1.165, 1.54) is 10.5 Å². The highest BCUT2D eigenvalue weighted by molar-refractivity contribution is 5.80. The van der Waals surface area contributed by atoms with E-state index in [2.05, 4.69) is 11.1 Å². The van der Waals surface area contributed by atoms with Crippen LogP contribution in [-0.2, 0) is 16.1 Å². The van der Waals surface area contributed by atoms with Crippen molar-refractivity contribution in [2.45, 2.75) is 39.2 Å². The summed E-state index contributed by atoms with van der Waals surface area (Å²) in [6, 6.07) is 7.06. The molecule has 2 aromatic rings. The third-order valence-corrected chi connectivity index (χ3v) is 4.27. The monoisotopic (exact) mass is 311 g/mol. The minimum atomic E-state index is -1.02. The van der Waals surface area contributed by atoms with Gasteiger partial charge >= 0.3 is 5.97 Å². The van der Waals surface area contributed by atoms with Gasteiger partial charge in [0.05, 0.1) is 11.8 Å². The van der Waals surface area contributed by atoms with E-state index < -0.39 is 11.4 Å². The number of nitriles is 1. The van der Waals surface area contributed by atoms with Crippen molar-refractivity contribution >= 4 is 11.6 Å². The van der Waals surface area contributed by atoms with Gasteiger partial charge in [-0.1, -0.05) is 18.9 Å². The Balaban J connectivity index is 1.80. The fraction of sp³-hybridized carbons (Fsp3) is 0.412. The Kier molecular flexibility index (Phi) is 3.87. The second kappa shape index (κ2) is 5.84. The quantitative estimate of drug-likeness (QED) is 0.811. The molecule has 0 aromatic carbocycles. The van der Waals surface area contributed by atoms with E-state index in [-0.39, 0.29) is 12.2 Å². The molecule has 1 fully saturated rings. The number of rotatable bonds is 3. The van der Waals surface area contributed by atoms with Gasteiger partial charge in [-0.2, -0.15) is 5.26 Å². The highest BCUT2D eigenvalue weighted by atomic mass is 16.5. The number of esters is 1. The van der Waals surface area contributed by atoms with Crippen molar-refractivity contribution in [3.8, 4) is 6.07 Å². The Labute approximate surface area is 133 Å². The summed E-state index contributed by atoms with van der Waals surface area (Å²) < 4.78 is 6.71. The summed E-state index contributed by atoms with van der Waals surface area (Å²) >= 11 is 0. The van der Waals surface area contributed by atoms with E-state index in [1.807, 2.05) is 13.0 Å². The van der Waals surface area contributed by atoms with Gasteiger partial charge in [0.15, 0.2) is 5.41 Å². The number of aromatic nitrogens is 2. The lowest BCUT2D eigenvalue weighted by atomic mass is 9.88. The van der Waals surface area contributed by atoms with Gasteiger partial charge in [-0.05, 0) is 31.4 Å². The fourth-order valence-corrected chi connectivity index (χ4v) is 2.95. The standard InChI is InChI=1S/C17H17N3O3/c1-12-4-5-14-19-13(8-15(21)20(14)9-12)10-23-16(22)17(11-18)6-2-3-7-17/h4-5,8-9H,2-3,6-7,10H2,1H3. The van der Waals surface area contributed by atoms with Crippen molar-refractivity contribution in [2.75, 3.05) is 0 Å². The van der Waals surface area contributed by atoms with Crippen molar-refractivity contribution in [3.63, 3.8) is 0 Å². The lowest BCUT2D eigenvalue weighted by Gasteiger charge is -2.17. The van der Waals surface area contributed by atoms with Gasteiger partial charge in [0.1, 0.15) is 12.3 Å². The molecule has 1 aliphatic rings. The molecule has 1 aliphatic carbocycles. The molecule has 6 nitrogen and oxygen atoms in total. The van der Waals surface area contributed by atoms with Crippen LogP contribution in [0.1, 0.15) is 36.9 Å². The van der Waals surface area contributed by atoms with Gasteiger partial charge in [0.2, 0.25) is 0 Å². The second-order valence-electron chi connectivity index (χ2n) is 6.00. The summed E-state index contributed by atoms with van der Waals surface area (Å²) in [7, 11) is 0. The van der Waals surface area contributed by atoms with Gasteiger partial charge in [-0.15, -0.1) is 0 Å². The molecule has 0 aliphatic heterocycles. The molecule has 2 heterocycles. The van der Waals surface area contributed by atoms with Crippen LogP contribution < -0.4 is 5.56 Å². The largest absolute Gasteiger partial charge is 0.458 e. The van der Waals surface area contributed by atoms with Crippen molar-refractivity contribution in [1.82, 2.24) is 9.38 Å². The topological polar surface area (TPSA) is 84.5 Å². The smallest absolute Gasteiger partial charge is 0.326 e. The van der Waals surface area contributed by atoms with Crippen molar-refractivity contribution in [1.29, 1.82) is 5.26 Å². The number of carbonyl (C=O) groups is 1. The van der Waals surface area contributed by atoms with E-state index in [0.29, 0.717) is 24.2 Å². The molecule has 0 atom stereocenters. The minimum Gasteiger partial charge on any atom is -0.458 e. The maximum atomic E-state index is 12.2. The zero-order valence-corrected chi connectivity index (χ0v) is 12.9. The first-order valence-electron chi connectivity index (χ1n) is 7.61. The number of fused-ring (bicyclic) bond motifs is 1. The van der Waals surface area contributed by atoms with Crippen LogP contribution in [0.3, 0.4) is 0 Å². The second-order valence-corrected chi connectivity index (χ2v) is 6.00. The van der Waals surface area contributed by atoms with Gasteiger partial charge < -0.3 is 4.74 Å². The molecule has 0 N–H and O–H groups in total.